The number of hydrogen-bond donors (Lipinski definition) is 1. The second kappa shape index (κ2) is 6.46. The number of nitrogens with one attached hydrogen (secondary N) is 1. The van der Waals surface area contributed by atoms with Crippen LogP contribution in [0.15, 0.2) is 24.7 Å². The first-order chi connectivity index (χ1) is 9.88. The van der Waals surface area contributed by atoms with Gasteiger partial charge in [0.15, 0.2) is 0 Å². The number of rotatable bonds is 5. The van der Waals surface area contributed by atoms with Crippen LogP contribution in [0.25, 0.3) is 0 Å². The summed E-state index contributed by atoms with van der Waals surface area (Å²) in [4.78, 5) is 11.7. The van der Waals surface area contributed by atoms with Gasteiger partial charge in [0.05, 0.1) is 17.9 Å². The van der Waals surface area contributed by atoms with Crippen molar-refractivity contribution in [1.29, 1.82) is 0 Å². The highest BCUT2D eigenvalue weighted by atomic mass is 32.1. The number of aryl methyl sites for hydroxylation is 2. The first-order valence-electron chi connectivity index (χ1n) is 7.49. The van der Waals surface area contributed by atoms with Gasteiger partial charge in [-0.05, 0) is 50.3 Å². The molecule has 0 spiro atoms. The third-order valence-electron chi connectivity index (χ3n) is 3.78. The van der Waals surface area contributed by atoms with Crippen molar-refractivity contribution in [3.8, 4) is 0 Å². The molecule has 0 aliphatic heterocycles. The third kappa shape index (κ3) is 2.91. The summed E-state index contributed by atoms with van der Waals surface area (Å²) in [5.41, 5.74) is 2.59. The molecule has 2 heterocycles. The summed E-state index contributed by atoms with van der Waals surface area (Å²) in [6.45, 7) is 3.20. The van der Waals surface area contributed by atoms with Gasteiger partial charge in [0.2, 0.25) is 0 Å². The summed E-state index contributed by atoms with van der Waals surface area (Å²) >= 11 is 1.96. The van der Waals surface area contributed by atoms with Crippen molar-refractivity contribution in [2.24, 2.45) is 0 Å². The lowest BCUT2D eigenvalue weighted by atomic mass is 9.98. The zero-order valence-corrected chi connectivity index (χ0v) is 12.7. The second-order valence-corrected chi connectivity index (χ2v) is 6.49. The smallest absolute Gasteiger partial charge is 0.0860 e. The molecule has 1 atom stereocenters. The fourth-order valence-electron chi connectivity index (χ4n) is 2.76. The molecule has 0 amide bonds. The van der Waals surface area contributed by atoms with Gasteiger partial charge in [-0.1, -0.05) is 6.92 Å². The largest absolute Gasteiger partial charge is 0.304 e. The zero-order valence-electron chi connectivity index (χ0n) is 11.9. The summed E-state index contributed by atoms with van der Waals surface area (Å²) in [6.07, 6.45) is 11.7. The quantitative estimate of drug-likeness (QED) is 0.914. The number of fused-ring (bicyclic) bond motifs is 1. The standard InChI is InChI=1S/C16H21N3S/c1-2-7-19-16(13-11-17-8-9-18-13)15-10-12-5-3-4-6-14(12)20-15/h8-11,16,19H,2-7H2,1H3. The van der Waals surface area contributed by atoms with Crippen LogP contribution in [0.1, 0.15) is 53.2 Å². The molecule has 1 aliphatic carbocycles. The predicted octanol–water partition coefficient (Wildman–Crippen LogP) is 3.51. The molecule has 2 aromatic rings. The van der Waals surface area contributed by atoms with Gasteiger partial charge in [-0.25, -0.2) is 0 Å². The van der Waals surface area contributed by atoms with E-state index in [1.54, 1.807) is 22.8 Å². The van der Waals surface area contributed by atoms with Crippen LogP contribution in [-0.2, 0) is 12.8 Å². The topological polar surface area (TPSA) is 37.8 Å². The molecule has 0 fully saturated rings. The Bertz CT molecular complexity index is 527. The number of aromatic nitrogens is 2. The molecule has 0 radical (unpaired) electrons. The van der Waals surface area contributed by atoms with Crippen molar-refractivity contribution in [3.05, 3.63) is 45.7 Å². The molecule has 0 saturated carbocycles. The normalized spacial score (nSPS) is 15.8. The maximum Gasteiger partial charge on any atom is 0.0860 e. The maximum atomic E-state index is 4.50. The van der Waals surface area contributed by atoms with E-state index in [1.165, 1.54) is 30.6 Å². The third-order valence-corrected chi connectivity index (χ3v) is 5.08. The second-order valence-electron chi connectivity index (χ2n) is 5.32. The molecule has 1 aliphatic rings. The maximum absolute atomic E-state index is 4.50. The van der Waals surface area contributed by atoms with E-state index < -0.39 is 0 Å². The summed E-state index contributed by atoms with van der Waals surface area (Å²) in [5.74, 6) is 0. The van der Waals surface area contributed by atoms with Crippen LogP contribution in [0.2, 0.25) is 0 Å². The Morgan fingerprint density at radius 3 is 2.95 bits per heavy atom. The number of nitrogens with zero attached hydrogens (tertiary/aromatic N) is 2. The van der Waals surface area contributed by atoms with E-state index in [1.807, 2.05) is 17.5 Å². The van der Waals surface area contributed by atoms with E-state index in [2.05, 4.69) is 28.3 Å². The van der Waals surface area contributed by atoms with Gasteiger partial charge in [0.1, 0.15) is 0 Å². The van der Waals surface area contributed by atoms with Crippen LogP contribution in [0.4, 0.5) is 0 Å². The summed E-state index contributed by atoms with van der Waals surface area (Å²) in [7, 11) is 0. The fourth-order valence-corrected chi connectivity index (χ4v) is 4.10. The minimum absolute atomic E-state index is 0.194. The highest BCUT2D eigenvalue weighted by Crippen LogP contribution is 2.34. The number of thiophene rings is 1. The molecule has 20 heavy (non-hydrogen) atoms. The van der Waals surface area contributed by atoms with Gasteiger partial charge in [-0.3, -0.25) is 9.97 Å². The van der Waals surface area contributed by atoms with E-state index in [-0.39, 0.29) is 6.04 Å². The van der Waals surface area contributed by atoms with E-state index in [4.69, 9.17) is 0 Å². The van der Waals surface area contributed by atoms with Crippen LogP contribution in [-0.4, -0.2) is 16.5 Å². The summed E-state index contributed by atoms with van der Waals surface area (Å²) < 4.78 is 0. The Labute approximate surface area is 124 Å². The van der Waals surface area contributed by atoms with Crippen molar-refractivity contribution < 1.29 is 0 Å². The van der Waals surface area contributed by atoms with Crippen molar-refractivity contribution in [3.63, 3.8) is 0 Å². The van der Waals surface area contributed by atoms with Gasteiger partial charge in [0, 0.05) is 22.1 Å². The molecule has 3 rings (SSSR count). The van der Waals surface area contributed by atoms with Crippen LogP contribution in [0, 0.1) is 0 Å². The number of hydrogen-bond acceptors (Lipinski definition) is 4. The molecule has 3 nitrogen and oxygen atoms in total. The summed E-state index contributed by atoms with van der Waals surface area (Å²) in [6, 6.07) is 2.58. The van der Waals surface area contributed by atoms with Crippen LogP contribution < -0.4 is 5.32 Å². The molecule has 4 heteroatoms. The Morgan fingerprint density at radius 1 is 1.30 bits per heavy atom. The minimum atomic E-state index is 0.194. The first kappa shape index (κ1) is 13.7. The lowest BCUT2D eigenvalue weighted by Gasteiger charge is -2.16. The van der Waals surface area contributed by atoms with Crippen LogP contribution in [0.5, 0.6) is 0 Å². The molecule has 0 bridgehead atoms. The van der Waals surface area contributed by atoms with E-state index >= 15 is 0 Å². The van der Waals surface area contributed by atoms with Crippen molar-refractivity contribution >= 4 is 11.3 Å². The van der Waals surface area contributed by atoms with Crippen LogP contribution in [0.3, 0.4) is 0 Å². The average Bonchev–Trinajstić information content (AvgIpc) is 2.92. The first-order valence-corrected chi connectivity index (χ1v) is 8.31. The van der Waals surface area contributed by atoms with Crippen molar-refractivity contribution in [2.75, 3.05) is 6.54 Å². The molecule has 1 N–H and O–H groups in total. The molecule has 0 saturated heterocycles. The Hall–Kier alpha value is -1.26. The molecule has 1 unspecified atom stereocenters. The van der Waals surface area contributed by atoms with Crippen molar-refractivity contribution in [1.82, 2.24) is 15.3 Å². The van der Waals surface area contributed by atoms with Gasteiger partial charge in [-0.15, -0.1) is 11.3 Å². The van der Waals surface area contributed by atoms with Gasteiger partial charge in [0.25, 0.3) is 0 Å². The summed E-state index contributed by atoms with van der Waals surface area (Å²) in [5, 5.41) is 3.62. The molecular weight excluding hydrogens is 266 g/mol. The van der Waals surface area contributed by atoms with E-state index in [9.17, 15) is 0 Å². The zero-order chi connectivity index (χ0) is 13.8. The van der Waals surface area contributed by atoms with Crippen molar-refractivity contribution in [2.45, 2.75) is 45.1 Å². The van der Waals surface area contributed by atoms with Gasteiger partial charge < -0.3 is 5.32 Å². The molecule has 0 aromatic carbocycles. The van der Waals surface area contributed by atoms with Crippen LogP contribution >= 0.6 is 11.3 Å². The monoisotopic (exact) mass is 287 g/mol. The predicted molar refractivity (Wildman–Crippen MR) is 83.1 cm³/mol. The lowest BCUT2D eigenvalue weighted by Crippen LogP contribution is -2.23. The van der Waals surface area contributed by atoms with Gasteiger partial charge in [-0.2, -0.15) is 0 Å². The highest BCUT2D eigenvalue weighted by molar-refractivity contribution is 7.12. The van der Waals surface area contributed by atoms with E-state index in [0.717, 1.165) is 18.7 Å². The Kier molecular flexibility index (Phi) is 4.43. The molecular formula is C16H21N3S. The fraction of sp³-hybridized carbons (Fsp3) is 0.500. The van der Waals surface area contributed by atoms with Gasteiger partial charge >= 0.3 is 0 Å². The molecule has 2 aromatic heterocycles. The highest BCUT2D eigenvalue weighted by Gasteiger charge is 2.21. The Morgan fingerprint density at radius 2 is 2.20 bits per heavy atom. The SMILES string of the molecule is CCCNC(c1cnccn1)c1cc2c(s1)CCCC2. The van der Waals surface area contributed by atoms with E-state index in [0.29, 0.717) is 0 Å². The molecule has 106 valence electrons. The lowest BCUT2D eigenvalue weighted by molar-refractivity contribution is 0.591. The average molecular weight is 287 g/mol. The minimum Gasteiger partial charge on any atom is -0.304 e. The Balaban J connectivity index is 1.90.